The van der Waals surface area contributed by atoms with E-state index in [9.17, 15) is 26.3 Å². The highest BCUT2D eigenvalue weighted by Gasteiger charge is 2.41. The zero-order valence-corrected chi connectivity index (χ0v) is 8.30. The highest BCUT2D eigenvalue weighted by molar-refractivity contribution is 5.85. The lowest BCUT2D eigenvalue weighted by Gasteiger charge is -2.17. The van der Waals surface area contributed by atoms with Crippen LogP contribution in [0.3, 0.4) is 0 Å². The molecule has 0 amide bonds. The lowest BCUT2D eigenvalue weighted by atomic mass is 10.1. The fraction of sp³-hybridized carbons (Fsp3) is 0.250. The van der Waals surface area contributed by atoms with Gasteiger partial charge in [-0.2, -0.15) is 13.2 Å². The molecule has 0 aliphatic carbocycles. The predicted molar refractivity (Wildman–Crippen MR) is 46.5 cm³/mol. The molecule has 1 atom stereocenters. The molecule has 0 fully saturated rings. The number of halogens is 7. The summed E-state index contributed by atoms with van der Waals surface area (Å²) in [5.74, 6) is -4.61. The van der Waals surface area contributed by atoms with Crippen LogP contribution in [0.5, 0.6) is 0 Å². The Hall–Kier alpha value is -0.950. The maximum atomic E-state index is 12.8. The Morgan fingerprint density at radius 3 is 1.69 bits per heavy atom. The molecule has 1 aromatic carbocycles. The smallest absolute Gasteiger partial charge is 0.316 e. The van der Waals surface area contributed by atoms with Gasteiger partial charge in [0.25, 0.3) is 0 Å². The quantitative estimate of drug-likeness (QED) is 0.776. The van der Waals surface area contributed by atoms with E-state index in [4.69, 9.17) is 0 Å². The van der Waals surface area contributed by atoms with Gasteiger partial charge in [-0.15, -0.1) is 12.4 Å². The summed E-state index contributed by atoms with van der Waals surface area (Å²) in [5.41, 5.74) is 3.21. The van der Waals surface area contributed by atoms with Crippen LogP contribution in [-0.2, 0) is 0 Å². The lowest BCUT2D eigenvalue weighted by molar-refractivity contribution is -0.150. The molecule has 2 N–H and O–H groups in total. The van der Waals surface area contributed by atoms with Gasteiger partial charge in [-0.3, -0.25) is 0 Å². The van der Waals surface area contributed by atoms with Crippen molar-refractivity contribution in [3.63, 3.8) is 0 Å². The Balaban J connectivity index is 0.00000225. The second kappa shape index (κ2) is 4.92. The molecule has 1 aromatic rings. The van der Waals surface area contributed by atoms with E-state index >= 15 is 0 Å². The van der Waals surface area contributed by atoms with Crippen molar-refractivity contribution >= 4 is 12.4 Å². The zero-order valence-electron chi connectivity index (χ0n) is 7.49. The molecule has 0 aromatic heterocycles. The van der Waals surface area contributed by atoms with Crippen molar-refractivity contribution in [3.05, 3.63) is 35.1 Å². The summed E-state index contributed by atoms with van der Waals surface area (Å²) in [6, 6.07) is -2.52. The van der Waals surface area contributed by atoms with Crippen LogP contribution in [-0.4, -0.2) is 6.18 Å². The van der Waals surface area contributed by atoms with Gasteiger partial charge >= 0.3 is 6.18 Å². The van der Waals surface area contributed by atoms with Crippen LogP contribution in [0.4, 0.5) is 26.3 Å². The third-order valence-corrected chi connectivity index (χ3v) is 1.71. The summed E-state index contributed by atoms with van der Waals surface area (Å²) in [7, 11) is 0. The molecule has 16 heavy (non-hydrogen) atoms. The van der Waals surface area contributed by atoms with Crippen LogP contribution < -0.4 is 5.73 Å². The second-order valence-electron chi connectivity index (χ2n) is 2.80. The lowest BCUT2D eigenvalue weighted by Crippen LogP contribution is -2.30. The average molecular weight is 266 g/mol. The van der Waals surface area contributed by atoms with Crippen molar-refractivity contribution in [2.75, 3.05) is 0 Å². The van der Waals surface area contributed by atoms with Crippen LogP contribution in [0.25, 0.3) is 0 Å². The summed E-state index contributed by atoms with van der Waals surface area (Å²) >= 11 is 0. The molecule has 0 radical (unpaired) electrons. The molecule has 0 saturated heterocycles. The first kappa shape index (κ1) is 15.0. The molecule has 0 bridgehead atoms. The van der Waals surface area contributed by atoms with Crippen LogP contribution in [0, 0.1) is 17.5 Å². The monoisotopic (exact) mass is 265 g/mol. The molecule has 1 nitrogen and oxygen atoms in total. The maximum absolute atomic E-state index is 12.8. The molecule has 0 aliphatic rings. The molecule has 1 rings (SSSR count). The Labute approximate surface area is 92.6 Å². The first-order valence-corrected chi connectivity index (χ1v) is 3.70. The number of hydrogen-bond acceptors (Lipinski definition) is 1. The molecule has 92 valence electrons. The number of alkyl halides is 3. The van der Waals surface area contributed by atoms with Crippen molar-refractivity contribution in [2.24, 2.45) is 5.73 Å². The first-order valence-electron chi connectivity index (χ1n) is 3.70. The van der Waals surface area contributed by atoms with Gasteiger partial charge in [0.15, 0.2) is 0 Å². The largest absolute Gasteiger partial charge is 0.407 e. The molecule has 0 aliphatic heterocycles. The maximum Gasteiger partial charge on any atom is 0.407 e. The predicted octanol–water partition coefficient (Wildman–Crippen LogP) is 3.09. The fourth-order valence-corrected chi connectivity index (χ4v) is 1.01. The van der Waals surface area contributed by atoms with E-state index in [1.807, 2.05) is 0 Å². The van der Waals surface area contributed by atoms with Gasteiger partial charge in [-0.05, 0) is 0 Å². The minimum atomic E-state index is -4.99. The zero-order chi connectivity index (χ0) is 11.8. The SMILES string of the molecule is Cl.N[C@H](c1c(F)cc(F)cc1F)C(F)(F)F. The standard InChI is InChI=1S/C8H5F6N.ClH/c9-3-1-4(10)6(5(11)2-3)7(15)8(12,13)14;/h1-2,7H,15H2;1H/t7-;/m1./s1. The van der Waals surface area contributed by atoms with E-state index in [-0.39, 0.29) is 24.5 Å². The van der Waals surface area contributed by atoms with Gasteiger partial charge in [0.05, 0.1) is 0 Å². The number of nitrogens with two attached hydrogens (primary N) is 1. The summed E-state index contributed by atoms with van der Waals surface area (Å²) in [6.45, 7) is 0. The fourth-order valence-electron chi connectivity index (χ4n) is 1.01. The Kier molecular flexibility index (Phi) is 4.63. The van der Waals surface area contributed by atoms with E-state index in [1.54, 1.807) is 0 Å². The van der Waals surface area contributed by atoms with Crippen molar-refractivity contribution in [2.45, 2.75) is 12.2 Å². The summed E-state index contributed by atoms with van der Waals surface area (Å²) < 4.78 is 74.2. The van der Waals surface area contributed by atoms with E-state index in [0.29, 0.717) is 0 Å². The van der Waals surface area contributed by atoms with Crippen LogP contribution in [0.15, 0.2) is 12.1 Å². The highest BCUT2D eigenvalue weighted by atomic mass is 35.5. The summed E-state index contributed by atoms with van der Waals surface area (Å²) in [5, 5.41) is 0. The van der Waals surface area contributed by atoms with Crippen molar-refractivity contribution in [3.8, 4) is 0 Å². The van der Waals surface area contributed by atoms with Gasteiger partial charge in [-0.1, -0.05) is 0 Å². The highest BCUT2D eigenvalue weighted by Crippen LogP contribution is 2.33. The molecular formula is C8H6ClF6N. The third kappa shape index (κ3) is 3.02. The van der Waals surface area contributed by atoms with Crippen molar-refractivity contribution in [1.82, 2.24) is 0 Å². The average Bonchev–Trinajstić information content (AvgIpc) is 1.99. The molecule has 0 saturated carbocycles. The van der Waals surface area contributed by atoms with Gasteiger partial charge in [-0.25, -0.2) is 13.2 Å². The Morgan fingerprint density at radius 2 is 1.38 bits per heavy atom. The van der Waals surface area contributed by atoms with Gasteiger partial charge in [0.2, 0.25) is 0 Å². The van der Waals surface area contributed by atoms with Gasteiger partial charge in [0, 0.05) is 17.7 Å². The number of rotatable bonds is 1. The van der Waals surface area contributed by atoms with Crippen LogP contribution in [0.1, 0.15) is 11.6 Å². The molecule has 0 spiro atoms. The first-order chi connectivity index (χ1) is 6.73. The Bertz CT molecular complexity index is 354. The van der Waals surface area contributed by atoms with E-state index in [0.717, 1.165) is 0 Å². The van der Waals surface area contributed by atoms with Gasteiger partial charge < -0.3 is 5.73 Å². The molecule has 0 unspecified atom stereocenters. The van der Waals surface area contributed by atoms with Crippen LogP contribution >= 0.6 is 12.4 Å². The second-order valence-corrected chi connectivity index (χ2v) is 2.80. The normalized spacial score (nSPS) is 13.2. The molecular weight excluding hydrogens is 260 g/mol. The minimum Gasteiger partial charge on any atom is -0.316 e. The minimum absolute atomic E-state index is 0. The van der Waals surface area contributed by atoms with E-state index in [2.05, 4.69) is 5.73 Å². The van der Waals surface area contributed by atoms with Crippen molar-refractivity contribution < 1.29 is 26.3 Å². The van der Waals surface area contributed by atoms with Crippen molar-refractivity contribution in [1.29, 1.82) is 0 Å². The van der Waals surface area contributed by atoms with E-state index < -0.39 is 35.2 Å². The summed E-state index contributed by atoms with van der Waals surface area (Å²) in [6.07, 6.45) is -4.99. The Morgan fingerprint density at radius 1 is 1.00 bits per heavy atom. The van der Waals surface area contributed by atoms with Gasteiger partial charge in [0.1, 0.15) is 23.5 Å². The van der Waals surface area contributed by atoms with Crippen LogP contribution in [0.2, 0.25) is 0 Å². The number of benzene rings is 1. The van der Waals surface area contributed by atoms with E-state index in [1.165, 1.54) is 0 Å². The summed E-state index contributed by atoms with van der Waals surface area (Å²) in [4.78, 5) is 0. The third-order valence-electron chi connectivity index (χ3n) is 1.71. The number of hydrogen-bond donors (Lipinski definition) is 1. The topological polar surface area (TPSA) is 26.0 Å². The molecule has 8 heteroatoms. The molecule has 0 heterocycles.